The summed E-state index contributed by atoms with van der Waals surface area (Å²) in [5.41, 5.74) is 1.83. The van der Waals surface area contributed by atoms with Crippen LogP contribution in [0.15, 0.2) is 75.7 Å². The molecule has 0 saturated heterocycles. The zero-order valence-electron chi connectivity index (χ0n) is 21.3. The van der Waals surface area contributed by atoms with Gasteiger partial charge >= 0.3 is 5.97 Å². The summed E-state index contributed by atoms with van der Waals surface area (Å²) in [5.74, 6) is 0.772. The van der Waals surface area contributed by atoms with Crippen molar-refractivity contribution < 1.29 is 19.0 Å². The summed E-state index contributed by atoms with van der Waals surface area (Å²) in [5, 5.41) is 2.28. The van der Waals surface area contributed by atoms with Gasteiger partial charge in [0.25, 0.3) is 5.56 Å². The number of rotatable bonds is 6. The van der Waals surface area contributed by atoms with E-state index in [-0.39, 0.29) is 17.7 Å². The van der Waals surface area contributed by atoms with Crippen LogP contribution in [0.1, 0.15) is 31.0 Å². The van der Waals surface area contributed by atoms with Gasteiger partial charge in [0, 0.05) is 10.6 Å². The van der Waals surface area contributed by atoms with Crippen molar-refractivity contribution in [1.29, 1.82) is 0 Å². The van der Waals surface area contributed by atoms with Crippen LogP contribution in [0.3, 0.4) is 0 Å². The monoisotopic (exact) mass is 548 g/mol. The van der Waals surface area contributed by atoms with E-state index in [1.807, 2.05) is 42.5 Å². The van der Waals surface area contributed by atoms with Gasteiger partial charge in [-0.05, 0) is 60.5 Å². The quantitative estimate of drug-likeness (QED) is 0.328. The Morgan fingerprint density at radius 1 is 1.13 bits per heavy atom. The summed E-state index contributed by atoms with van der Waals surface area (Å²) in [6, 6.07) is 16.0. The molecule has 0 radical (unpaired) electrons. The number of ether oxygens (including phenoxy) is 3. The van der Waals surface area contributed by atoms with Crippen molar-refractivity contribution in [3.8, 4) is 11.5 Å². The van der Waals surface area contributed by atoms with E-state index in [1.54, 1.807) is 46.3 Å². The molecule has 0 bridgehead atoms. The molecule has 4 aromatic rings. The molecule has 0 saturated carbocycles. The van der Waals surface area contributed by atoms with Crippen LogP contribution in [0.4, 0.5) is 0 Å². The topological polar surface area (TPSA) is 79.1 Å². The highest BCUT2D eigenvalue weighted by atomic mass is 35.5. The lowest BCUT2D eigenvalue weighted by Crippen LogP contribution is -2.40. The van der Waals surface area contributed by atoms with Crippen LogP contribution >= 0.6 is 22.9 Å². The molecule has 9 heteroatoms. The van der Waals surface area contributed by atoms with Crippen LogP contribution in [0, 0.1) is 0 Å². The molecule has 1 aromatic heterocycles. The van der Waals surface area contributed by atoms with Crippen molar-refractivity contribution in [1.82, 2.24) is 4.57 Å². The number of benzene rings is 3. The molecule has 7 nitrogen and oxygen atoms in total. The summed E-state index contributed by atoms with van der Waals surface area (Å²) >= 11 is 7.83. The smallest absolute Gasteiger partial charge is 0.338 e. The van der Waals surface area contributed by atoms with Crippen molar-refractivity contribution in [2.24, 2.45) is 4.99 Å². The molecule has 1 aliphatic rings. The van der Waals surface area contributed by atoms with Crippen molar-refractivity contribution >= 4 is 45.8 Å². The Bertz CT molecular complexity index is 1780. The highest BCUT2D eigenvalue weighted by Crippen LogP contribution is 2.35. The fraction of sp³-hybridized carbons (Fsp3) is 0.207. The van der Waals surface area contributed by atoms with E-state index >= 15 is 0 Å². The highest BCUT2D eigenvalue weighted by Gasteiger charge is 2.34. The van der Waals surface area contributed by atoms with Gasteiger partial charge in [-0.25, -0.2) is 9.79 Å². The number of halogens is 1. The normalized spacial score (nSPS) is 15.3. The first-order valence-corrected chi connectivity index (χ1v) is 13.2. The van der Waals surface area contributed by atoms with Gasteiger partial charge < -0.3 is 14.2 Å². The average molecular weight is 549 g/mol. The molecule has 2 heterocycles. The first-order valence-electron chi connectivity index (χ1n) is 12.0. The van der Waals surface area contributed by atoms with Gasteiger partial charge in [0.15, 0.2) is 4.80 Å². The Morgan fingerprint density at radius 2 is 1.89 bits per heavy atom. The van der Waals surface area contributed by atoms with E-state index in [2.05, 4.69) is 4.99 Å². The number of aromatic nitrogens is 1. The number of carbonyl (C=O) groups excluding carboxylic acids is 1. The number of allylic oxidation sites excluding steroid dienone is 1. The van der Waals surface area contributed by atoms with Gasteiger partial charge in [0.2, 0.25) is 0 Å². The number of esters is 1. The molecule has 0 fully saturated rings. The maximum absolute atomic E-state index is 14.0. The molecule has 194 valence electrons. The molecule has 5 rings (SSSR count). The van der Waals surface area contributed by atoms with Crippen LogP contribution in [0.25, 0.3) is 16.8 Å². The maximum atomic E-state index is 14.0. The second-order valence-corrected chi connectivity index (χ2v) is 10.0. The van der Waals surface area contributed by atoms with E-state index in [9.17, 15) is 9.59 Å². The lowest BCUT2D eigenvalue weighted by Gasteiger charge is -2.25. The van der Waals surface area contributed by atoms with E-state index in [0.29, 0.717) is 37.1 Å². The van der Waals surface area contributed by atoms with Gasteiger partial charge in [-0.3, -0.25) is 9.36 Å². The number of thiazole rings is 1. The first-order chi connectivity index (χ1) is 18.4. The third-order valence-electron chi connectivity index (χ3n) is 6.44. The van der Waals surface area contributed by atoms with E-state index in [0.717, 1.165) is 16.3 Å². The van der Waals surface area contributed by atoms with E-state index in [4.69, 9.17) is 25.8 Å². The summed E-state index contributed by atoms with van der Waals surface area (Å²) in [7, 11) is 3.20. The lowest BCUT2D eigenvalue weighted by atomic mass is 9.96. The molecule has 3 aromatic carbocycles. The Labute approximate surface area is 227 Å². The molecule has 0 amide bonds. The van der Waals surface area contributed by atoms with Crippen LogP contribution in [0.5, 0.6) is 11.5 Å². The molecule has 0 aliphatic carbocycles. The molecular weight excluding hydrogens is 524 g/mol. The first kappa shape index (κ1) is 25.8. The third kappa shape index (κ3) is 4.40. The van der Waals surface area contributed by atoms with Gasteiger partial charge in [0.1, 0.15) is 17.5 Å². The van der Waals surface area contributed by atoms with E-state index in [1.165, 1.54) is 15.9 Å². The van der Waals surface area contributed by atoms with Crippen LogP contribution < -0.4 is 24.4 Å². The average Bonchev–Trinajstić information content (AvgIpc) is 3.22. The predicted molar refractivity (Wildman–Crippen MR) is 149 cm³/mol. The number of carbonyl (C=O) groups is 1. The zero-order chi connectivity index (χ0) is 27.0. The van der Waals surface area contributed by atoms with Crippen molar-refractivity contribution in [2.45, 2.75) is 19.9 Å². The number of nitrogens with zero attached hydrogens (tertiary/aromatic N) is 2. The van der Waals surface area contributed by atoms with Crippen LogP contribution in [-0.4, -0.2) is 31.4 Å². The van der Waals surface area contributed by atoms with Gasteiger partial charge in [-0.1, -0.05) is 53.3 Å². The van der Waals surface area contributed by atoms with Crippen LogP contribution in [0.2, 0.25) is 5.02 Å². The Kier molecular flexibility index (Phi) is 7.10. The van der Waals surface area contributed by atoms with Crippen LogP contribution in [-0.2, 0) is 9.53 Å². The second-order valence-electron chi connectivity index (χ2n) is 8.59. The Morgan fingerprint density at radius 3 is 2.61 bits per heavy atom. The fourth-order valence-corrected chi connectivity index (χ4v) is 5.94. The molecule has 38 heavy (non-hydrogen) atoms. The largest absolute Gasteiger partial charge is 0.497 e. The fourth-order valence-electron chi connectivity index (χ4n) is 4.67. The molecule has 0 N–H and O–H groups in total. The van der Waals surface area contributed by atoms with Gasteiger partial charge in [-0.2, -0.15) is 0 Å². The number of hydrogen-bond donors (Lipinski definition) is 0. The summed E-state index contributed by atoms with van der Waals surface area (Å²) in [6.45, 7) is 3.67. The number of hydrogen-bond acceptors (Lipinski definition) is 7. The predicted octanol–water partition coefficient (Wildman–Crippen LogP) is 4.62. The minimum atomic E-state index is -0.782. The maximum Gasteiger partial charge on any atom is 0.338 e. The number of fused-ring (bicyclic) bond motifs is 2. The SMILES string of the molecule is CCOC(=O)C1=C(C)N=c2s/c(=C/c3c(OC)ccc4ccc(OC)cc34)c(=O)n2[C@@H]1c1ccccc1Cl. The molecule has 1 atom stereocenters. The Balaban J connectivity index is 1.80. The van der Waals surface area contributed by atoms with E-state index < -0.39 is 12.0 Å². The van der Waals surface area contributed by atoms with Crippen molar-refractivity contribution in [2.75, 3.05) is 20.8 Å². The second kappa shape index (κ2) is 10.5. The van der Waals surface area contributed by atoms with Crippen molar-refractivity contribution in [3.63, 3.8) is 0 Å². The van der Waals surface area contributed by atoms with Gasteiger partial charge in [-0.15, -0.1) is 0 Å². The molecule has 1 aliphatic heterocycles. The lowest BCUT2D eigenvalue weighted by molar-refractivity contribution is -0.139. The standard InChI is InChI=1S/C29H25ClN2O5S/c1-5-37-28(34)25-16(2)31-29-32(26(25)19-8-6-7-9-22(19)30)27(33)24(38-29)15-21-20-14-18(35-3)12-10-17(20)11-13-23(21)36-4/h6-15,26H,5H2,1-4H3/b24-15+/t26-/m1/s1. The number of methoxy groups -OCH3 is 2. The summed E-state index contributed by atoms with van der Waals surface area (Å²) < 4.78 is 18.4. The Hall–Kier alpha value is -3.88. The minimum Gasteiger partial charge on any atom is -0.497 e. The molecule has 0 spiro atoms. The third-order valence-corrected chi connectivity index (χ3v) is 7.77. The zero-order valence-corrected chi connectivity index (χ0v) is 22.9. The summed E-state index contributed by atoms with van der Waals surface area (Å²) in [6.07, 6.45) is 1.80. The molecule has 0 unspecified atom stereocenters. The molecular formula is C29H25ClN2O5S. The highest BCUT2D eigenvalue weighted by molar-refractivity contribution is 7.07. The summed E-state index contributed by atoms with van der Waals surface area (Å²) in [4.78, 5) is 32.2. The minimum absolute atomic E-state index is 0.194. The van der Waals surface area contributed by atoms with Gasteiger partial charge in [0.05, 0.1) is 36.6 Å². The van der Waals surface area contributed by atoms with Crippen molar-refractivity contribution in [3.05, 3.63) is 102 Å².